The lowest BCUT2D eigenvalue weighted by Crippen LogP contribution is -2.17. The number of aromatic nitrogens is 2. The SMILES string of the molecule is O=C(O)[C@@H]1CC[C@H](Nc2nc(C3CC3)ns2)C1. The molecule has 1 aromatic rings. The predicted molar refractivity (Wildman–Crippen MR) is 64.3 cm³/mol. The molecule has 0 unspecified atom stereocenters. The second-order valence-electron chi connectivity index (χ2n) is 4.92. The highest BCUT2D eigenvalue weighted by Crippen LogP contribution is 2.39. The Kier molecular flexibility index (Phi) is 2.74. The van der Waals surface area contributed by atoms with Gasteiger partial charge in [-0.3, -0.25) is 4.79 Å². The largest absolute Gasteiger partial charge is 0.481 e. The molecule has 2 N–H and O–H groups in total. The molecule has 0 bridgehead atoms. The van der Waals surface area contributed by atoms with E-state index in [9.17, 15) is 4.79 Å². The van der Waals surface area contributed by atoms with Crippen LogP contribution in [-0.2, 0) is 4.79 Å². The summed E-state index contributed by atoms with van der Waals surface area (Å²) in [7, 11) is 0. The molecule has 2 aliphatic carbocycles. The number of carboxylic acids is 1. The highest BCUT2D eigenvalue weighted by atomic mass is 32.1. The van der Waals surface area contributed by atoms with E-state index in [1.807, 2.05) is 0 Å². The van der Waals surface area contributed by atoms with Gasteiger partial charge in [-0.25, -0.2) is 4.98 Å². The number of anilines is 1. The fourth-order valence-electron chi connectivity index (χ4n) is 2.31. The van der Waals surface area contributed by atoms with Gasteiger partial charge in [-0.05, 0) is 32.1 Å². The number of hydrogen-bond donors (Lipinski definition) is 2. The minimum Gasteiger partial charge on any atom is -0.481 e. The molecule has 0 saturated heterocycles. The molecule has 0 aromatic carbocycles. The van der Waals surface area contributed by atoms with Crippen molar-refractivity contribution in [2.24, 2.45) is 5.92 Å². The number of rotatable bonds is 4. The maximum atomic E-state index is 10.8. The zero-order chi connectivity index (χ0) is 11.8. The van der Waals surface area contributed by atoms with Crippen LogP contribution in [0.25, 0.3) is 0 Å². The molecule has 1 heterocycles. The molecule has 3 rings (SSSR count). The molecule has 0 radical (unpaired) electrons. The van der Waals surface area contributed by atoms with Crippen LogP contribution in [0.5, 0.6) is 0 Å². The van der Waals surface area contributed by atoms with E-state index < -0.39 is 5.97 Å². The molecule has 92 valence electrons. The van der Waals surface area contributed by atoms with Gasteiger partial charge in [0.2, 0.25) is 5.13 Å². The maximum Gasteiger partial charge on any atom is 0.306 e. The van der Waals surface area contributed by atoms with Gasteiger partial charge in [0.25, 0.3) is 0 Å². The Morgan fingerprint density at radius 3 is 2.82 bits per heavy atom. The smallest absolute Gasteiger partial charge is 0.306 e. The van der Waals surface area contributed by atoms with Crippen LogP contribution in [0.2, 0.25) is 0 Å². The number of carboxylic acid groups (broad SMARTS) is 1. The quantitative estimate of drug-likeness (QED) is 0.859. The van der Waals surface area contributed by atoms with Crippen LogP contribution >= 0.6 is 11.5 Å². The topological polar surface area (TPSA) is 75.1 Å². The molecule has 2 atom stereocenters. The lowest BCUT2D eigenvalue weighted by molar-refractivity contribution is -0.141. The Morgan fingerprint density at radius 1 is 1.35 bits per heavy atom. The second-order valence-corrected chi connectivity index (χ2v) is 5.67. The van der Waals surface area contributed by atoms with Crippen molar-refractivity contribution in [1.29, 1.82) is 0 Å². The van der Waals surface area contributed by atoms with Gasteiger partial charge in [0.15, 0.2) is 0 Å². The Bertz CT molecular complexity index is 430. The minimum absolute atomic E-state index is 0.191. The normalized spacial score (nSPS) is 28.2. The molecule has 1 aromatic heterocycles. The average Bonchev–Trinajstić information content (AvgIpc) is 2.87. The summed E-state index contributed by atoms with van der Waals surface area (Å²) in [6, 6.07) is 0.246. The van der Waals surface area contributed by atoms with Crippen LogP contribution in [0.15, 0.2) is 0 Å². The van der Waals surface area contributed by atoms with E-state index in [2.05, 4.69) is 14.7 Å². The van der Waals surface area contributed by atoms with Crippen LogP contribution in [0.3, 0.4) is 0 Å². The molecular formula is C11H15N3O2S. The first kappa shape index (κ1) is 11.0. The van der Waals surface area contributed by atoms with Crippen LogP contribution < -0.4 is 5.32 Å². The van der Waals surface area contributed by atoms with Gasteiger partial charge in [0.05, 0.1) is 5.92 Å². The summed E-state index contributed by atoms with van der Waals surface area (Å²) in [6.45, 7) is 0. The van der Waals surface area contributed by atoms with Gasteiger partial charge in [0, 0.05) is 23.5 Å². The summed E-state index contributed by atoms with van der Waals surface area (Å²) in [6.07, 6.45) is 4.80. The highest BCUT2D eigenvalue weighted by molar-refractivity contribution is 7.09. The highest BCUT2D eigenvalue weighted by Gasteiger charge is 2.31. The van der Waals surface area contributed by atoms with Crippen LogP contribution in [0.1, 0.15) is 43.8 Å². The lowest BCUT2D eigenvalue weighted by atomic mass is 10.1. The first-order valence-electron chi connectivity index (χ1n) is 6.05. The van der Waals surface area contributed by atoms with E-state index in [4.69, 9.17) is 5.11 Å². The van der Waals surface area contributed by atoms with Crippen molar-refractivity contribution in [2.75, 3.05) is 5.32 Å². The van der Waals surface area contributed by atoms with E-state index in [1.165, 1.54) is 24.4 Å². The van der Waals surface area contributed by atoms with Crippen molar-refractivity contribution in [3.63, 3.8) is 0 Å². The van der Waals surface area contributed by atoms with Crippen molar-refractivity contribution >= 4 is 22.6 Å². The molecule has 5 nitrogen and oxygen atoms in total. The van der Waals surface area contributed by atoms with Crippen molar-refractivity contribution in [3.05, 3.63) is 5.82 Å². The van der Waals surface area contributed by atoms with Gasteiger partial charge < -0.3 is 10.4 Å². The van der Waals surface area contributed by atoms with Gasteiger partial charge in [-0.1, -0.05) is 0 Å². The van der Waals surface area contributed by atoms with Crippen LogP contribution in [0.4, 0.5) is 5.13 Å². The Labute approximate surface area is 103 Å². The van der Waals surface area contributed by atoms with E-state index >= 15 is 0 Å². The van der Waals surface area contributed by atoms with Crippen molar-refractivity contribution < 1.29 is 9.90 Å². The number of nitrogens with one attached hydrogen (secondary N) is 1. The van der Waals surface area contributed by atoms with Crippen LogP contribution in [0, 0.1) is 5.92 Å². The second kappa shape index (κ2) is 4.25. The zero-order valence-electron chi connectivity index (χ0n) is 9.43. The molecule has 0 spiro atoms. The van der Waals surface area contributed by atoms with Gasteiger partial charge in [-0.2, -0.15) is 4.37 Å². The number of carbonyl (C=O) groups is 1. The lowest BCUT2D eigenvalue weighted by Gasteiger charge is -2.09. The standard InChI is InChI=1S/C11H15N3O2S/c15-10(16)7-3-4-8(5-7)12-11-13-9(14-17-11)6-1-2-6/h6-8H,1-5H2,(H,15,16)(H,12,13,14)/t7-,8+/m1/s1. The first-order chi connectivity index (χ1) is 8.22. The number of hydrogen-bond acceptors (Lipinski definition) is 5. The van der Waals surface area contributed by atoms with E-state index in [0.29, 0.717) is 12.3 Å². The van der Waals surface area contributed by atoms with Crippen molar-refractivity contribution in [2.45, 2.75) is 44.1 Å². The monoisotopic (exact) mass is 253 g/mol. The molecule has 0 aliphatic heterocycles. The minimum atomic E-state index is -0.676. The third kappa shape index (κ3) is 2.41. The average molecular weight is 253 g/mol. The summed E-state index contributed by atoms with van der Waals surface area (Å²) in [5, 5.41) is 13.1. The maximum absolute atomic E-state index is 10.8. The Morgan fingerprint density at radius 2 is 2.18 bits per heavy atom. The van der Waals surface area contributed by atoms with E-state index in [-0.39, 0.29) is 12.0 Å². The van der Waals surface area contributed by atoms with Crippen molar-refractivity contribution in [3.8, 4) is 0 Å². The molecule has 2 aliphatic rings. The molecule has 2 saturated carbocycles. The summed E-state index contributed by atoms with van der Waals surface area (Å²) in [5.74, 6) is 0.677. The van der Waals surface area contributed by atoms with Gasteiger partial charge in [-0.15, -0.1) is 0 Å². The van der Waals surface area contributed by atoms with Crippen molar-refractivity contribution in [1.82, 2.24) is 9.36 Å². The number of aliphatic carboxylic acids is 1. The molecule has 17 heavy (non-hydrogen) atoms. The fraction of sp³-hybridized carbons (Fsp3) is 0.727. The Hall–Kier alpha value is -1.17. The van der Waals surface area contributed by atoms with Gasteiger partial charge in [0.1, 0.15) is 5.82 Å². The molecular weight excluding hydrogens is 238 g/mol. The van der Waals surface area contributed by atoms with E-state index in [1.54, 1.807) is 0 Å². The zero-order valence-corrected chi connectivity index (χ0v) is 10.2. The first-order valence-corrected chi connectivity index (χ1v) is 6.82. The molecule has 0 amide bonds. The third-order valence-electron chi connectivity index (χ3n) is 3.49. The van der Waals surface area contributed by atoms with Crippen LogP contribution in [-0.4, -0.2) is 26.5 Å². The van der Waals surface area contributed by atoms with Gasteiger partial charge >= 0.3 is 5.97 Å². The molecule has 6 heteroatoms. The molecule has 2 fully saturated rings. The van der Waals surface area contributed by atoms with E-state index in [0.717, 1.165) is 23.8 Å². The number of nitrogens with zero attached hydrogens (tertiary/aromatic N) is 2. The summed E-state index contributed by atoms with van der Waals surface area (Å²) in [4.78, 5) is 15.3. The predicted octanol–water partition coefficient (Wildman–Crippen LogP) is 2.08. The Balaban J connectivity index is 1.57. The summed E-state index contributed by atoms with van der Waals surface area (Å²) in [5.41, 5.74) is 0. The summed E-state index contributed by atoms with van der Waals surface area (Å²) < 4.78 is 4.33. The fourth-order valence-corrected chi connectivity index (χ4v) is 3.04. The summed E-state index contributed by atoms with van der Waals surface area (Å²) >= 11 is 1.39. The third-order valence-corrected chi connectivity index (χ3v) is 4.15.